The van der Waals surface area contributed by atoms with Gasteiger partial charge in [-0.25, -0.2) is 0 Å². The molecule has 2 N–H and O–H groups in total. The molecular weight excluding hydrogens is 284 g/mol. The minimum absolute atomic E-state index is 0.0914. The Balaban J connectivity index is 1.75. The van der Waals surface area contributed by atoms with Gasteiger partial charge in [-0.1, -0.05) is 0 Å². The smallest absolute Gasteiger partial charge is 0.306 e. The highest BCUT2D eigenvalue weighted by molar-refractivity contribution is 5.97. The van der Waals surface area contributed by atoms with Crippen LogP contribution >= 0.6 is 0 Å². The van der Waals surface area contributed by atoms with Crippen molar-refractivity contribution in [2.24, 2.45) is 13.0 Å². The highest BCUT2D eigenvalue weighted by atomic mass is 16.4. The normalized spacial score (nSPS) is 21.0. The average molecular weight is 302 g/mol. The first-order valence-electron chi connectivity index (χ1n) is 7.25. The van der Waals surface area contributed by atoms with Crippen LogP contribution < -0.4 is 5.32 Å². The Morgan fingerprint density at radius 2 is 2.05 bits per heavy atom. The van der Waals surface area contributed by atoms with Crippen LogP contribution in [0.3, 0.4) is 0 Å². The molecule has 2 heterocycles. The van der Waals surface area contributed by atoms with Crippen molar-refractivity contribution in [2.45, 2.75) is 25.3 Å². The molecule has 0 radical (unpaired) electrons. The van der Waals surface area contributed by atoms with Crippen molar-refractivity contribution in [2.75, 3.05) is 0 Å². The molecule has 1 saturated carbocycles. The number of hydrogen-bond acceptors (Lipinski definition) is 3. The highest BCUT2D eigenvalue weighted by Gasteiger charge is 2.31. The number of carbonyl (C=O) groups is 2. The zero-order chi connectivity index (χ0) is 15.7. The second kappa shape index (κ2) is 5.67. The molecular formula is C15H18N4O3. The molecule has 1 fully saturated rings. The summed E-state index contributed by atoms with van der Waals surface area (Å²) in [7, 11) is 1.78. The van der Waals surface area contributed by atoms with Crippen molar-refractivity contribution < 1.29 is 14.7 Å². The van der Waals surface area contributed by atoms with Gasteiger partial charge in [-0.2, -0.15) is 5.10 Å². The van der Waals surface area contributed by atoms with Crippen LogP contribution in [-0.2, 0) is 11.8 Å². The molecule has 3 rings (SSSR count). The monoisotopic (exact) mass is 302 g/mol. The SMILES string of the molecule is Cn1ncc(C(=O)N[C@H]2CC[C@@H](C(=O)O)C2)c1-n1cccc1. The Labute approximate surface area is 127 Å². The number of aryl methyl sites for hydroxylation is 1. The molecule has 1 amide bonds. The molecule has 0 bridgehead atoms. The number of nitrogens with zero attached hydrogens (tertiary/aromatic N) is 3. The molecule has 0 aliphatic heterocycles. The number of rotatable bonds is 4. The predicted molar refractivity (Wildman–Crippen MR) is 78.8 cm³/mol. The van der Waals surface area contributed by atoms with Crippen molar-refractivity contribution in [3.8, 4) is 5.82 Å². The van der Waals surface area contributed by atoms with Gasteiger partial charge in [0.1, 0.15) is 11.4 Å². The third kappa shape index (κ3) is 2.61. The van der Waals surface area contributed by atoms with E-state index in [0.29, 0.717) is 30.6 Å². The maximum absolute atomic E-state index is 12.5. The van der Waals surface area contributed by atoms with Crippen LogP contribution in [0.25, 0.3) is 5.82 Å². The Hall–Kier alpha value is -2.57. The van der Waals surface area contributed by atoms with Gasteiger partial charge in [-0.3, -0.25) is 14.3 Å². The van der Waals surface area contributed by atoms with Gasteiger partial charge in [0.25, 0.3) is 5.91 Å². The van der Waals surface area contributed by atoms with Crippen LogP contribution in [0.4, 0.5) is 0 Å². The molecule has 2 aromatic rings. The summed E-state index contributed by atoms with van der Waals surface area (Å²) >= 11 is 0. The molecule has 0 saturated heterocycles. The number of amides is 1. The van der Waals surface area contributed by atoms with E-state index in [4.69, 9.17) is 5.11 Å². The van der Waals surface area contributed by atoms with Gasteiger partial charge < -0.3 is 15.0 Å². The fourth-order valence-electron chi connectivity index (χ4n) is 2.97. The summed E-state index contributed by atoms with van der Waals surface area (Å²) < 4.78 is 3.47. The highest BCUT2D eigenvalue weighted by Crippen LogP contribution is 2.26. The van der Waals surface area contributed by atoms with E-state index in [9.17, 15) is 9.59 Å². The van der Waals surface area contributed by atoms with Gasteiger partial charge >= 0.3 is 5.97 Å². The molecule has 22 heavy (non-hydrogen) atoms. The summed E-state index contributed by atoms with van der Waals surface area (Å²) in [5, 5.41) is 16.1. The zero-order valence-electron chi connectivity index (χ0n) is 12.3. The molecule has 0 unspecified atom stereocenters. The van der Waals surface area contributed by atoms with Crippen molar-refractivity contribution >= 4 is 11.9 Å². The molecule has 0 spiro atoms. The summed E-state index contributed by atoms with van der Waals surface area (Å²) in [4.78, 5) is 23.5. The lowest BCUT2D eigenvalue weighted by atomic mass is 10.1. The van der Waals surface area contributed by atoms with Crippen LogP contribution in [0.15, 0.2) is 30.7 Å². The lowest BCUT2D eigenvalue weighted by Gasteiger charge is -2.13. The van der Waals surface area contributed by atoms with E-state index in [-0.39, 0.29) is 17.9 Å². The minimum Gasteiger partial charge on any atom is -0.481 e. The lowest BCUT2D eigenvalue weighted by Crippen LogP contribution is -2.33. The fourth-order valence-corrected chi connectivity index (χ4v) is 2.97. The van der Waals surface area contributed by atoms with E-state index < -0.39 is 5.97 Å². The van der Waals surface area contributed by atoms with Crippen LogP contribution in [-0.4, -0.2) is 37.4 Å². The second-order valence-electron chi connectivity index (χ2n) is 5.61. The summed E-state index contributed by atoms with van der Waals surface area (Å²) in [5.74, 6) is -0.669. The molecule has 1 aliphatic rings. The van der Waals surface area contributed by atoms with E-state index in [1.54, 1.807) is 11.7 Å². The quantitative estimate of drug-likeness (QED) is 0.888. The van der Waals surface area contributed by atoms with Gasteiger partial charge in [0.15, 0.2) is 0 Å². The molecule has 2 aromatic heterocycles. The first-order valence-corrected chi connectivity index (χ1v) is 7.25. The summed E-state index contributed by atoms with van der Waals surface area (Å²) in [6.45, 7) is 0. The molecule has 2 atom stereocenters. The second-order valence-corrected chi connectivity index (χ2v) is 5.61. The van der Waals surface area contributed by atoms with Gasteiger partial charge in [-0.05, 0) is 31.4 Å². The number of aromatic nitrogens is 3. The molecule has 1 aliphatic carbocycles. The van der Waals surface area contributed by atoms with Crippen LogP contribution in [0.1, 0.15) is 29.6 Å². The van der Waals surface area contributed by atoms with Crippen LogP contribution in [0.2, 0.25) is 0 Å². The van der Waals surface area contributed by atoms with E-state index in [1.165, 1.54) is 6.20 Å². The van der Waals surface area contributed by atoms with E-state index in [1.807, 2.05) is 29.1 Å². The number of nitrogens with one attached hydrogen (secondary N) is 1. The van der Waals surface area contributed by atoms with E-state index in [2.05, 4.69) is 10.4 Å². The lowest BCUT2D eigenvalue weighted by molar-refractivity contribution is -0.141. The first-order chi connectivity index (χ1) is 10.6. The van der Waals surface area contributed by atoms with Crippen LogP contribution in [0, 0.1) is 5.92 Å². The predicted octanol–water partition coefficient (Wildman–Crippen LogP) is 1.19. The maximum Gasteiger partial charge on any atom is 0.306 e. The number of carboxylic acids is 1. The van der Waals surface area contributed by atoms with Crippen molar-refractivity contribution in [1.82, 2.24) is 19.7 Å². The van der Waals surface area contributed by atoms with E-state index in [0.717, 1.165) is 0 Å². The van der Waals surface area contributed by atoms with Gasteiger partial charge in [0, 0.05) is 25.5 Å². The standard InChI is InChI=1S/C15H18N4O3/c1-18-14(19-6-2-3-7-19)12(9-16-18)13(20)17-11-5-4-10(8-11)15(21)22/h2-3,6-7,9-11H,4-5,8H2,1H3,(H,17,20)(H,21,22)/t10-,11+/m1/s1. The van der Waals surface area contributed by atoms with E-state index >= 15 is 0 Å². The van der Waals surface area contributed by atoms with Crippen molar-refractivity contribution in [3.63, 3.8) is 0 Å². The Morgan fingerprint density at radius 3 is 2.68 bits per heavy atom. The summed E-state index contributed by atoms with van der Waals surface area (Å²) in [5.41, 5.74) is 0.484. The third-order valence-corrected chi connectivity index (χ3v) is 4.12. The molecule has 7 heteroatoms. The topological polar surface area (TPSA) is 89.2 Å². The molecule has 7 nitrogen and oxygen atoms in total. The number of hydrogen-bond donors (Lipinski definition) is 2. The number of carbonyl (C=O) groups excluding carboxylic acids is 1. The van der Waals surface area contributed by atoms with Crippen LogP contribution in [0.5, 0.6) is 0 Å². The Bertz CT molecular complexity index is 690. The molecule has 0 aromatic carbocycles. The summed E-state index contributed by atoms with van der Waals surface area (Å²) in [6, 6.07) is 3.66. The Morgan fingerprint density at radius 1 is 1.32 bits per heavy atom. The maximum atomic E-state index is 12.5. The summed E-state index contributed by atoms with van der Waals surface area (Å²) in [6.07, 6.45) is 7.03. The number of carboxylic acid groups (broad SMARTS) is 1. The van der Waals surface area contributed by atoms with Gasteiger partial charge in [-0.15, -0.1) is 0 Å². The fraction of sp³-hybridized carbons (Fsp3) is 0.400. The Kier molecular flexibility index (Phi) is 3.70. The molecule has 116 valence electrons. The third-order valence-electron chi connectivity index (χ3n) is 4.12. The number of aliphatic carboxylic acids is 1. The first kappa shape index (κ1) is 14.4. The van der Waals surface area contributed by atoms with Gasteiger partial charge in [0.05, 0.1) is 12.1 Å². The zero-order valence-corrected chi connectivity index (χ0v) is 12.3. The largest absolute Gasteiger partial charge is 0.481 e. The van der Waals surface area contributed by atoms with Crippen molar-refractivity contribution in [3.05, 3.63) is 36.3 Å². The van der Waals surface area contributed by atoms with Crippen molar-refractivity contribution in [1.29, 1.82) is 0 Å². The minimum atomic E-state index is -0.786. The average Bonchev–Trinajstić information content (AvgIpc) is 3.17. The van der Waals surface area contributed by atoms with Gasteiger partial charge in [0.2, 0.25) is 0 Å².